The van der Waals surface area contributed by atoms with E-state index < -0.39 is 0 Å². The van der Waals surface area contributed by atoms with Gasteiger partial charge in [-0.15, -0.1) is 0 Å². The van der Waals surface area contributed by atoms with Crippen LogP contribution < -0.4 is 9.47 Å². The fourth-order valence-corrected chi connectivity index (χ4v) is 5.35. The van der Waals surface area contributed by atoms with Crippen LogP contribution in [0.3, 0.4) is 0 Å². The van der Waals surface area contributed by atoms with Gasteiger partial charge < -0.3 is 19.1 Å². The van der Waals surface area contributed by atoms with Gasteiger partial charge in [0.1, 0.15) is 42.6 Å². The Labute approximate surface area is 287 Å². The highest BCUT2D eigenvalue weighted by Crippen LogP contribution is 2.27. The summed E-state index contributed by atoms with van der Waals surface area (Å²) in [6.07, 6.45) is 0.746. The number of ether oxygens (including phenoxy) is 3. The highest BCUT2D eigenvalue weighted by molar-refractivity contribution is 6.08. The van der Waals surface area contributed by atoms with Gasteiger partial charge in [0.25, 0.3) is 0 Å². The SMILES string of the molecule is COc1ccc2c(C(=O)C(C)C)nn(CC(=O)COCCN(CCC(C)(C)C)C(=O)Cn3nc(C(=O)C(C)C)c4ccc(OC)cc43)c2c1. The Kier molecular flexibility index (Phi) is 12.0. The Bertz CT molecular complexity index is 1830. The molecule has 0 fully saturated rings. The fourth-order valence-electron chi connectivity index (χ4n) is 5.35. The average Bonchev–Trinajstić information content (AvgIpc) is 3.59. The molecule has 0 N–H and O–H groups in total. The highest BCUT2D eigenvalue weighted by Gasteiger charge is 2.25. The minimum atomic E-state index is -0.257. The molecule has 264 valence electrons. The number of aromatic nitrogens is 4. The lowest BCUT2D eigenvalue weighted by Gasteiger charge is -2.27. The van der Waals surface area contributed by atoms with E-state index in [1.165, 1.54) is 4.68 Å². The van der Waals surface area contributed by atoms with Gasteiger partial charge in [0.05, 0.1) is 31.9 Å². The zero-order valence-electron chi connectivity index (χ0n) is 30.2. The quantitative estimate of drug-likeness (QED) is 0.103. The van der Waals surface area contributed by atoms with Crippen molar-refractivity contribution in [2.75, 3.05) is 40.5 Å². The van der Waals surface area contributed by atoms with Gasteiger partial charge in [-0.05, 0) is 36.1 Å². The zero-order valence-corrected chi connectivity index (χ0v) is 30.2. The van der Waals surface area contributed by atoms with Crippen LogP contribution in [0.4, 0.5) is 0 Å². The Morgan fingerprint density at radius 2 is 1.24 bits per heavy atom. The fraction of sp³-hybridized carbons (Fsp3) is 0.514. The number of methoxy groups -OCH3 is 2. The minimum absolute atomic E-state index is 0.0248. The minimum Gasteiger partial charge on any atom is -0.497 e. The van der Waals surface area contributed by atoms with Crippen LogP contribution in [0.1, 0.15) is 75.9 Å². The molecule has 12 heteroatoms. The molecule has 0 bridgehead atoms. The molecule has 0 saturated heterocycles. The highest BCUT2D eigenvalue weighted by atomic mass is 16.5. The maximum Gasteiger partial charge on any atom is 0.244 e. The van der Waals surface area contributed by atoms with Gasteiger partial charge >= 0.3 is 0 Å². The summed E-state index contributed by atoms with van der Waals surface area (Å²) in [5, 5.41) is 10.4. The maximum atomic E-state index is 13.8. The van der Waals surface area contributed by atoms with Gasteiger partial charge in [0.2, 0.25) is 5.91 Å². The zero-order chi connectivity index (χ0) is 36.0. The molecule has 1 amide bonds. The molecule has 0 aliphatic carbocycles. The second kappa shape index (κ2) is 15.8. The standard InChI is InChI=1S/C37H49N5O7/c1-23(2)35(45)33-28-12-10-26(47-8)18-30(28)41(38-33)20-25(43)22-49-17-16-40(15-14-37(5,6)7)32(44)21-42-31-19-27(48-9)11-13-29(31)34(39-42)36(46)24(3)4/h10-13,18-19,23-24H,14-17,20-22H2,1-9H3. The number of ketones is 3. The van der Waals surface area contributed by atoms with Crippen molar-refractivity contribution in [1.29, 1.82) is 0 Å². The first-order chi connectivity index (χ1) is 23.1. The third kappa shape index (κ3) is 9.11. The van der Waals surface area contributed by atoms with Crippen LogP contribution in [0.15, 0.2) is 36.4 Å². The van der Waals surface area contributed by atoms with Crippen molar-refractivity contribution in [3.05, 3.63) is 47.8 Å². The molecule has 2 aromatic heterocycles. The molecule has 0 aliphatic heterocycles. The average molecular weight is 676 g/mol. The van der Waals surface area contributed by atoms with Gasteiger partial charge in [-0.1, -0.05) is 48.5 Å². The molecular weight excluding hydrogens is 626 g/mol. The summed E-state index contributed by atoms with van der Waals surface area (Å²) in [5.41, 5.74) is 1.88. The largest absolute Gasteiger partial charge is 0.497 e. The topological polar surface area (TPSA) is 135 Å². The first-order valence-corrected chi connectivity index (χ1v) is 16.7. The number of benzene rings is 2. The molecule has 0 atom stereocenters. The number of amides is 1. The van der Waals surface area contributed by atoms with E-state index in [4.69, 9.17) is 14.2 Å². The molecule has 0 aliphatic rings. The monoisotopic (exact) mass is 675 g/mol. The number of carbonyl (C=O) groups excluding carboxylic acids is 4. The van der Waals surface area contributed by atoms with Crippen molar-refractivity contribution < 1.29 is 33.4 Å². The Hall–Kier alpha value is -4.58. The van der Waals surface area contributed by atoms with Crippen LogP contribution in [0, 0.1) is 17.3 Å². The van der Waals surface area contributed by atoms with Crippen LogP contribution in [0.2, 0.25) is 0 Å². The molecule has 0 unspecified atom stereocenters. The molecule has 0 radical (unpaired) electrons. The molecule has 0 spiro atoms. The molecule has 2 heterocycles. The molecule has 49 heavy (non-hydrogen) atoms. The number of carbonyl (C=O) groups is 4. The summed E-state index contributed by atoms with van der Waals surface area (Å²) < 4.78 is 19.6. The number of nitrogens with zero attached hydrogens (tertiary/aromatic N) is 5. The van der Waals surface area contributed by atoms with Crippen molar-refractivity contribution in [3.63, 3.8) is 0 Å². The van der Waals surface area contributed by atoms with E-state index in [0.717, 1.165) is 6.42 Å². The number of rotatable bonds is 17. The second-order valence-corrected chi connectivity index (χ2v) is 14.1. The molecular formula is C37H49N5O7. The van der Waals surface area contributed by atoms with E-state index in [-0.39, 0.29) is 73.4 Å². The summed E-state index contributed by atoms with van der Waals surface area (Å²) in [7, 11) is 3.11. The van der Waals surface area contributed by atoms with Crippen LogP contribution in [0.5, 0.6) is 11.5 Å². The lowest BCUT2D eigenvalue weighted by atomic mass is 9.92. The van der Waals surface area contributed by atoms with Crippen LogP contribution in [-0.4, -0.2) is 88.2 Å². The van der Waals surface area contributed by atoms with Crippen molar-refractivity contribution in [2.24, 2.45) is 17.3 Å². The maximum absolute atomic E-state index is 13.8. The lowest BCUT2D eigenvalue weighted by Crippen LogP contribution is -2.39. The summed E-state index contributed by atoms with van der Waals surface area (Å²) in [6, 6.07) is 10.7. The predicted molar refractivity (Wildman–Crippen MR) is 187 cm³/mol. The summed E-state index contributed by atoms with van der Waals surface area (Å²) in [4.78, 5) is 54.4. The third-order valence-electron chi connectivity index (χ3n) is 8.30. The van der Waals surface area contributed by atoms with Gasteiger partial charge in [0.15, 0.2) is 17.3 Å². The van der Waals surface area contributed by atoms with Crippen molar-refractivity contribution >= 4 is 45.1 Å². The van der Waals surface area contributed by atoms with Crippen LogP contribution in [0.25, 0.3) is 21.8 Å². The van der Waals surface area contributed by atoms with E-state index in [1.54, 1.807) is 60.2 Å². The van der Waals surface area contributed by atoms with E-state index >= 15 is 0 Å². The van der Waals surface area contributed by atoms with E-state index in [1.807, 2.05) is 27.7 Å². The van der Waals surface area contributed by atoms with E-state index in [9.17, 15) is 19.2 Å². The normalized spacial score (nSPS) is 11.9. The van der Waals surface area contributed by atoms with Crippen molar-refractivity contribution in [1.82, 2.24) is 24.5 Å². The van der Waals surface area contributed by atoms with Gasteiger partial charge in [-0.25, -0.2) is 0 Å². The Morgan fingerprint density at radius 1 is 0.755 bits per heavy atom. The van der Waals surface area contributed by atoms with Crippen LogP contribution in [-0.2, 0) is 27.4 Å². The van der Waals surface area contributed by atoms with Gasteiger partial charge in [0, 0.05) is 47.8 Å². The van der Waals surface area contributed by atoms with Gasteiger partial charge in [-0.3, -0.25) is 28.5 Å². The summed E-state index contributed by atoms with van der Waals surface area (Å²) >= 11 is 0. The van der Waals surface area contributed by atoms with E-state index in [2.05, 4.69) is 31.0 Å². The number of fused-ring (bicyclic) bond motifs is 2. The second-order valence-electron chi connectivity index (χ2n) is 14.1. The molecule has 4 aromatic rings. The molecule has 12 nitrogen and oxygen atoms in total. The lowest BCUT2D eigenvalue weighted by molar-refractivity contribution is -0.133. The third-order valence-corrected chi connectivity index (χ3v) is 8.30. The van der Waals surface area contributed by atoms with Crippen molar-refractivity contribution in [2.45, 2.75) is 68.0 Å². The molecule has 2 aromatic carbocycles. The first-order valence-electron chi connectivity index (χ1n) is 16.7. The summed E-state index contributed by atoms with van der Waals surface area (Å²) in [5.74, 6) is 0.0414. The van der Waals surface area contributed by atoms with Crippen molar-refractivity contribution in [3.8, 4) is 11.5 Å². The Morgan fingerprint density at radius 3 is 1.69 bits per heavy atom. The smallest absolute Gasteiger partial charge is 0.244 e. The predicted octanol–water partition coefficient (Wildman–Crippen LogP) is 5.63. The molecule has 0 saturated carbocycles. The Balaban J connectivity index is 1.46. The number of hydrogen-bond donors (Lipinski definition) is 0. The number of hydrogen-bond acceptors (Lipinski definition) is 9. The number of Topliss-reactive ketones (excluding diaryl/α,β-unsaturated/α-hetero) is 3. The van der Waals surface area contributed by atoms with Crippen LogP contribution >= 0.6 is 0 Å². The van der Waals surface area contributed by atoms with Gasteiger partial charge in [-0.2, -0.15) is 10.2 Å². The molecule has 4 rings (SSSR count). The van der Waals surface area contributed by atoms with E-state index in [0.29, 0.717) is 51.2 Å². The first kappa shape index (κ1) is 37.2. The summed E-state index contributed by atoms with van der Waals surface area (Å²) in [6.45, 7) is 14.1.